The molecular weight excluding hydrogens is 380 g/mol. The van der Waals surface area contributed by atoms with Crippen molar-refractivity contribution in [3.8, 4) is 16.9 Å². The fraction of sp³-hybridized carbons (Fsp3) is 0.167. The zero-order valence-corrected chi connectivity index (χ0v) is 17.3. The Morgan fingerprint density at radius 1 is 0.931 bits per heavy atom. The van der Waals surface area contributed by atoms with Gasteiger partial charge in [0.1, 0.15) is 5.75 Å². The lowest BCUT2D eigenvalue weighted by Crippen LogP contribution is -2.34. The van der Waals surface area contributed by atoms with E-state index in [9.17, 15) is 4.79 Å². The number of rotatable bonds is 6. The first-order valence-corrected chi connectivity index (χ1v) is 10.0. The zero-order valence-electron chi connectivity index (χ0n) is 16.5. The number of anilines is 1. The Morgan fingerprint density at radius 2 is 1.55 bits per heavy atom. The highest BCUT2D eigenvalue weighted by atomic mass is 32.1. The van der Waals surface area contributed by atoms with Gasteiger partial charge in [0.25, 0.3) is 5.91 Å². The molecule has 0 aliphatic rings. The van der Waals surface area contributed by atoms with Crippen molar-refractivity contribution in [3.05, 3.63) is 84.4 Å². The molecule has 2 N–H and O–H groups in total. The third kappa shape index (κ3) is 5.90. The molecule has 0 bridgehead atoms. The van der Waals surface area contributed by atoms with Crippen LogP contribution in [0, 0.1) is 0 Å². The molecule has 29 heavy (non-hydrogen) atoms. The monoisotopic (exact) mass is 404 g/mol. The minimum atomic E-state index is -0.251. The molecule has 1 amide bonds. The molecule has 0 heterocycles. The van der Waals surface area contributed by atoms with Crippen LogP contribution in [0.4, 0.5) is 5.69 Å². The van der Waals surface area contributed by atoms with Crippen molar-refractivity contribution in [2.75, 3.05) is 5.32 Å². The Bertz CT molecular complexity index is 954. The largest absolute Gasteiger partial charge is 0.491 e. The lowest BCUT2D eigenvalue weighted by molar-refractivity contribution is 0.0977. The van der Waals surface area contributed by atoms with Crippen molar-refractivity contribution in [1.29, 1.82) is 0 Å². The predicted molar refractivity (Wildman–Crippen MR) is 122 cm³/mol. The van der Waals surface area contributed by atoms with Crippen molar-refractivity contribution in [2.45, 2.75) is 26.4 Å². The van der Waals surface area contributed by atoms with Crippen molar-refractivity contribution in [2.24, 2.45) is 0 Å². The number of hydrogen-bond donors (Lipinski definition) is 2. The molecule has 0 aromatic heterocycles. The van der Waals surface area contributed by atoms with Crippen molar-refractivity contribution in [1.82, 2.24) is 5.32 Å². The number of carbonyl (C=O) groups is 1. The van der Waals surface area contributed by atoms with Crippen LogP contribution in [0.25, 0.3) is 11.1 Å². The third-order valence-electron chi connectivity index (χ3n) is 4.51. The Morgan fingerprint density at radius 3 is 2.17 bits per heavy atom. The Kier molecular flexibility index (Phi) is 6.98. The summed E-state index contributed by atoms with van der Waals surface area (Å²) < 4.78 is 5.76. The smallest absolute Gasteiger partial charge is 0.257 e. The number of amides is 1. The summed E-state index contributed by atoms with van der Waals surface area (Å²) in [4.78, 5) is 12.4. The molecule has 0 saturated heterocycles. The molecule has 0 spiro atoms. The zero-order chi connectivity index (χ0) is 20.6. The highest BCUT2D eigenvalue weighted by Crippen LogP contribution is 2.20. The number of ether oxygens (including phenoxy) is 1. The van der Waals surface area contributed by atoms with Crippen LogP contribution in [0.3, 0.4) is 0 Å². The molecule has 1 unspecified atom stereocenters. The van der Waals surface area contributed by atoms with E-state index < -0.39 is 0 Å². The summed E-state index contributed by atoms with van der Waals surface area (Å²) >= 11 is 5.26. The van der Waals surface area contributed by atoms with E-state index in [0.717, 1.165) is 29.0 Å². The first kappa shape index (κ1) is 20.6. The second kappa shape index (κ2) is 9.85. The minimum absolute atomic E-state index is 0.169. The van der Waals surface area contributed by atoms with Crippen LogP contribution in [0.15, 0.2) is 78.9 Å². The van der Waals surface area contributed by atoms with Gasteiger partial charge in [0.05, 0.1) is 6.10 Å². The maximum absolute atomic E-state index is 12.4. The molecule has 148 valence electrons. The summed E-state index contributed by atoms with van der Waals surface area (Å²) in [7, 11) is 0. The molecule has 3 aromatic carbocycles. The summed E-state index contributed by atoms with van der Waals surface area (Å²) in [6, 6.07) is 25.0. The van der Waals surface area contributed by atoms with Gasteiger partial charge in [-0.25, -0.2) is 0 Å². The van der Waals surface area contributed by atoms with Gasteiger partial charge in [-0.05, 0) is 73.1 Å². The van der Waals surface area contributed by atoms with Gasteiger partial charge in [0.2, 0.25) is 0 Å². The van der Waals surface area contributed by atoms with E-state index in [1.807, 2.05) is 73.7 Å². The normalized spacial score (nSPS) is 11.4. The van der Waals surface area contributed by atoms with Crippen molar-refractivity contribution < 1.29 is 9.53 Å². The van der Waals surface area contributed by atoms with E-state index >= 15 is 0 Å². The highest BCUT2D eigenvalue weighted by Gasteiger charge is 2.09. The average molecular weight is 405 g/mol. The average Bonchev–Trinajstić information content (AvgIpc) is 2.75. The van der Waals surface area contributed by atoms with Gasteiger partial charge in [0.15, 0.2) is 5.11 Å². The van der Waals surface area contributed by atoms with Gasteiger partial charge >= 0.3 is 0 Å². The standard InChI is InChI=1S/C24H24N2O2S/c1-3-17(2)28-22-15-13-21(14-16-22)25-24(29)26-23(27)20-11-9-19(10-12-20)18-7-5-4-6-8-18/h4-17H,3H2,1-2H3,(H2,25,26,27,29). The van der Waals surface area contributed by atoms with E-state index in [2.05, 4.69) is 17.6 Å². The van der Waals surface area contributed by atoms with Gasteiger partial charge in [-0.15, -0.1) is 0 Å². The molecule has 0 radical (unpaired) electrons. The van der Waals surface area contributed by atoms with Crippen LogP contribution in [-0.4, -0.2) is 17.1 Å². The fourth-order valence-corrected chi connectivity index (χ4v) is 2.93. The molecule has 1 atom stereocenters. The SMILES string of the molecule is CCC(C)Oc1ccc(NC(=S)NC(=O)c2ccc(-c3ccccc3)cc2)cc1. The lowest BCUT2D eigenvalue weighted by atomic mass is 10.0. The number of carbonyl (C=O) groups excluding carboxylic acids is 1. The van der Waals surface area contributed by atoms with E-state index in [1.165, 1.54) is 0 Å². The van der Waals surface area contributed by atoms with Crippen LogP contribution in [0.5, 0.6) is 5.75 Å². The van der Waals surface area contributed by atoms with Gasteiger partial charge in [0, 0.05) is 11.3 Å². The molecule has 0 aliphatic carbocycles. The maximum Gasteiger partial charge on any atom is 0.257 e. The van der Waals surface area contributed by atoms with Gasteiger partial charge in [-0.2, -0.15) is 0 Å². The number of thiocarbonyl (C=S) groups is 1. The molecule has 0 aliphatic heterocycles. The lowest BCUT2D eigenvalue weighted by Gasteiger charge is -2.14. The van der Waals surface area contributed by atoms with Gasteiger partial charge in [-0.1, -0.05) is 49.4 Å². The predicted octanol–water partition coefficient (Wildman–Crippen LogP) is 5.66. The molecule has 3 rings (SSSR count). The summed E-state index contributed by atoms with van der Waals surface area (Å²) in [6.07, 6.45) is 1.12. The molecule has 0 fully saturated rings. The summed E-state index contributed by atoms with van der Waals surface area (Å²) in [5.41, 5.74) is 3.50. The van der Waals surface area contributed by atoms with E-state index in [4.69, 9.17) is 17.0 Å². The van der Waals surface area contributed by atoms with Gasteiger partial charge < -0.3 is 10.1 Å². The topological polar surface area (TPSA) is 50.4 Å². The highest BCUT2D eigenvalue weighted by molar-refractivity contribution is 7.80. The first-order chi connectivity index (χ1) is 14.0. The van der Waals surface area contributed by atoms with E-state index in [0.29, 0.717) is 5.56 Å². The fourth-order valence-electron chi connectivity index (χ4n) is 2.71. The number of hydrogen-bond acceptors (Lipinski definition) is 3. The van der Waals surface area contributed by atoms with Crippen LogP contribution < -0.4 is 15.4 Å². The van der Waals surface area contributed by atoms with E-state index in [-0.39, 0.29) is 17.1 Å². The number of nitrogens with one attached hydrogen (secondary N) is 2. The number of benzene rings is 3. The van der Waals surface area contributed by atoms with Crippen LogP contribution in [-0.2, 0) is 0 Å². The Labute approximate surface area is 176 Å². The van der Waals surface area contributed by atoms with Crippen LogP contribution in [0.2, 0.25) is 0 Å². The molecule has 5 heteroatoms. The molecular formula is C24H24N2O2S. The summed E-state index contributed by atoms with van der Waals surface area (Å²) in [6.45, 7) is 4.11. The quantitative estimate of drug-likeness (QED) is 0.521. The molecule has 0 saturated carbocycles. The Balaban J connectivity index is 1.55. The summed E-state index contributed by atoms with van der Waals surface area (Å²) in [5, 5.41) is 5.98. The first-order valence-electron chi connectivity index (χ1n) is 9.59. The van der Waals surface area contributed by atoms with E-state index in [1.54, 1.807) is 12.1 Å². The third-order valence-corrected chi connectivity index (χ3v) is 4.71. The summed E-state index contributed by atoms with van der Waals surface area (Å²) in [5.74, 6) is 0.553. The molecule has 3 aromatic rings. The Hall–Kier alpha value is -3.18. The van der Waals surface area contributed by atoms with Crippen LogP contribution >= 0.6 is 12.2 Å². The molecule has 4 nitrogen and oxygen atoms in total. The maximum atomic E-state index is 12.4. The van der Waals surface area contributed by atoms with Gasteiger partial charge in [-0.3, -0.25) is 10.1 Å². The minimum Gasteiger partial charge on any atom is -0.491 e. The van der Waals surface area contributed by atoms with Crippen molar-refractivity contribution >= 4 is 28.9 Å². The van der Waals surface area contributed by atoms with Crippen molar-refractivity contribution in [3.63, 3.8) is 0 Å². The second-order valence-corrected chi connectivity index (χ2v) is 7.12. The van der Waals surface area contributed by atoms with Crippen LogP contribution in [0.1, 0.15) is 30.6 Å². The second-order valence-electron chi connectivity index (χ2n) is 6.71.